The molecule has 0 aromatic heterocycles. The third-order valence-corrected chi connectivity index (χ3v) is 2.13. The molecule has 9 heavy (non-hydrogen) atoms. The van der Waals surface area contributed by atoms with Crippen molar-refractivity contribution in [2.45, 2.75) is 12.5 Å². The van der Waals surface area contributed by atoms with Gasteiger partial charge >= 0.3 is 0 Å². The van der Waals surface area contributed by atoms with Gasteiger partial charge in [0, 0.05) is 25.7 Å². The number of hydrogen-bond acceptors (Lipinski definition) is 2. The van der Waals surface area contributed by atoms with Crippen molar-refractivity contribution in [3.63, 3.8) is 0 Å². The molecule has 2 heterocycles. The Labute approximate surface area is 62.0 Å². The first-order valence-electron chi connectivity index (χ1n) is 3.41. The summed E-state index contributed by atoms with van der Waals surface area (Å²) < 4.78 is 0. The quantitative estimate of drug-likeness (QED) is 0.524. The topological polar surface area (TPSA) is 15.3 Å². The predicted octanol–water partition coefficient (Wildman–Crippen LogP) is 0.0857. The fraction of sp³-hybridized carbons (Fsp3) is 1.00. The van der Waals surface area contributed by atoms with E-state index in [-0.39, 0.29) is 12.4 Å². The summed E-state index contributed by atoms with van der Waals surface area (Å²) in [6.07, 6.45) is 1.38. The maximum atomic E-state index is 3.47. The van der Waals surface area contributed by atoms with Crippen LogP contribution < -0.4 is 5.32 Å². The molecular formula is C6H13ClN2. The van der Waals surface area contributed by atoms with Crippen LogP contribution in [-0.2, 0) is 0 Å². The van der Waals surface area contributed by atoms with Crippen molar-refractivity contribution >= 4 is 12.4 Å². The van der Waals surface area contributed by atoms with Gasteiger partial charge in [-0.25, -0.2) is 0 Å². The fourth-order valence-electron chi connectivity index (χ4n) is 1.63. The molecular weight excluding hydrogens is 136 g/mol. The van der Waals surface area contributed by atoms with Gasteiger partial charge < -0.3 is 10.2 Å². The average Bonchev–Trinajstić information content (AvgIpc) is 2.12. The number of piperazine rings is 1. The van der Waals surface area contributed by atoms with Gasteiger partial charge in [0.25, 0.3) is 0 Å². The highest BCUT2D eigenvalue weighted by atomic mass is 35.5. The second-order valence-electron chi connectivity index (χ2n) is 2.74. The number of rotatable bonds is 0. The molecule has 0 radical (unpaired) electrons. The summed E-state index contributed by atoms with van der Waals surface area (Å²) in [7, 11) is 0. The maximum Gasteiger partial charge on any atom is 0.0207 e. The lowest BCUT2D eigenvalue weighted by atomic mass is 10.2. The van der Waals surface area contributed by atoms with Crippen LogP contribution in [0, 0.1) is 0 Å². The average molecular weight is 149 g/mol. The third-order valence-electron chi connectivity index (χ3n) is 2.13. The van der Waals surface area contributed by atoms with Crippen LogP contribution >= 0.6 is 12.4 Å². The molecule has 2 saturated heterocycles. The van der Waals surface area contributed by atoms with Crippen LogP contribution in [0.2, 0.25) is 0 Å². The first-order valence-corrected chi connectivity index (χ1v) is 3.41. The molecule has 0 amide bonds. The van der Waals surface area contributed by atoms with Gasteiger partial charge in [-0.2, -0.15) is 0 Å². The zero-order valence-electron chi connectivity index (χ0n) is 5.47. The molecule has 2 aliphatic rings. The number of nitrogens with one attached hydrogen (secondary N) is 1. The summed E-state index contributed by atoms with van der Waals surface area (Å²) in [6, 6.07) is 0.837. The van der Waals surface area contributed by atoms with Crippen LogP contribution in [0.4, 0.5) is 0 Å². The van der Waals surface area contributed by atoms with Crippen LogP contribution in [0.25, 0.3) is 0 Å². The minimum atomic E-state index is 0. The van der Waals surface area contributed by atoms with Gasteiger partial charge in [0.05, 0.1) is 0 Å². The molecule has 2 bridgehead atoms. The number of halogens is 1. The van der Waals surface area contributed by atoms with Crippen molar-refractivity contribution < 1.29 is 0 Å². The largest absolute Gasteiger partial charge is 0.311 e. The molecule has 0 saturated carbocycles. The Morgan fingerprint density at radius 3 is 2.89 bits per heavy atom. The summed E-state index contributed by atoms with van der Waals surface area (Å²) >= 11 is 0. The Kier molecular flexibility index (Phi) is 2.33. The van der Waals surface area contributed by atoms with Gasteiger partial charge in [-0.05, 0) is 13.0 Å². The van der Waals surface area contributed by atoms with Crippen molar-refractivity contribution in [1.29, 1.82) is 0 Å². The second-order valence-corrected chi connectivity index (χ2v) is 2.74. The number of hydrogen-bond donors (Lipinski definition) is 1. The van der Waals surface area contributed by atoms with Crippen molar-refractivity contribution in [2.75, 3.05) is 26.2 Å². The molecule has 0 aromatic carbocycles. The molecule has 0 spiro atoms. The summed E-state index contributed by atoms with van der Waals surface area (Å²) in [5, 5.41) is 3.47. The van der Waals surface area contributed by atoms with Crippen LogP contribution in [0.3, 0.4) is 0 Å². The minimum absolute atomic E-state index is 0. The Morgan fingerprint density at radius 1 is 1.33 bits per heavy atom. The molecule has 54 valence electrons. The molecule has 2 fully saturated rings. The highest BCUT2D eigenvalue weighted by Crippen LogP contribution is 2.10. The Hall–Kier alpha value is 0.210. The minimum Gasteiger partial charge on any atom is -0.311 e. The van der Waals surface area contributed by atoms with Crippen LogP contribution in [0.15, 0.2) is 0 Å². The monoisotopic (exact) mass is 148 g/mol. The van der Waals surface area contributed by atoms with Crippen LogP contribution in [-0.4, -0.2) is 37.1 Å². The van der Waals surface area contributed by atoms with E-state index in [1.54, 1.807) is 0 Å². The van der Waals surface area contributed by atoms with E-state index in [0.717, 1.165) is 6.04 Å². The lowest BCUT2D eigenvalue weighted by Gasteiger charge is -2.22. The Morgan fingerprint density at radius 2 is 2.22 bits per heavy atom. The maximum absolute atomic E-state index is 3.47. The van der Waals surface area contributed by atoms with Crippen molar-refractivity contribution in [3.05, 3.63) is 0 Å². The van der Waals surface area contributed by atoms with E-state index >= 15 is 0 Å². The first kappa shape index (κ1) is 7.32. The molecule has 2 nitrogen and oxygen atoms in total. The smallest absolute Gasteiger partial charge is 0.0207 e. The van der Waals surface area contributed by atoms with Crippen molar-refractivity contribution in [1.82, 2.24) is 10.2 Å². The normalized spacial score (nSPS) is 40.0. The first-order chi connectivity index (χ1) is 3.95. The summed E-state index contributed by atoms with van der Waals surface area (Å²) in [5.74, 6) is 0. The van der Waals surface area contributed by atoms with E-state index in [1.165, 1.54) is 32.6 Å². The lowest BCUT2D eigenvalue weighted by molar-refractivity contribution is 0.289. The van der Waals surface area contributed by atoms with E-state index in [2.05, 4.69) is 10.2 Å². The summed E-state index contributed by atoms with van der Waals surface area (Å²) in [5.41, 5.74) is 0. The molecule has 0 aromatic rings. The van der Waals surface area contributed by atoms with Gasteiger partial charge in [-0.1, -0.05) is 0 Å². The van der Waals surface area contributed by atoms with Gasteiger partial charge in [0.15, 0.2) is 0 Å². The molecule has 1 unspecified atom stereocenters. The SMILES string of the molecule is C1CN2CC[C@H](C2)N1.Cl. The Bertz CT molecular complexity index is 83.1. The molecule has 2 aliphatic heterocycles. The molecule has 2 atom stereocenters. The van der Waals surface area contributed by atoms with E-state index in [9.17, 15) is 0 Å². The fourth-order valence-corrected chi connectivity index (χ4v) is 1.63. The van der Waals surface area contributed by atoms with E-state index < -0.39 is 0 Å². The van der Waals surface area contributed by atoms with E-state index in [1.807, 2.05) is 0 Å². The van der Waals surface area contributed by atoms with Gasteiger partial charge in [-0.15, -0.1) is 12.4 Å². The van der Waals surface area contributed by atoms with Gasteiger partial charge in [0.2, 0.25) is 0 Å². The lowest BCUT2D eigenvalue weighted by Crippen LogP contribution is -2.42. The summed E-state index contributed by atoms with van der Waals surface area (Å²) in [6.45, 7) is 5.12. The number of fused-ring (bicyclic) bond motifs is 2. The third kappa shape index (κ3) is 1.37. The standard InChI is InChI=1S/C6H12N2.ClH/c1-3-8-4-2-7-6(1)5-8;/h6-7H,1-5H2;1H/t6-;/m1./s1. The van der Waals surface area contributed by atoms with Crippen LogP contribution in [0.5, 0.6) is 0 Å². The van der Waals surface area contributed by atoms with Crippen LogP contribution in [0.1, 0.15) is 6.42 Å². The summed E-state index contributed by atoms with van der Waals surface area (Å²) in [4.78, 5) is 2.53. The zero-order chi connectivity index (χ0) is 5.40. The zero-order valence-corrected chi connectivity index (χ0v) is 6.28. The highest BCUT2D eigenvalue weighted by Gasteiger charge is 2.24. The van der Waals surface area contributed by atoms with E-state index in [0.29, 0.717) is 0 Å². The van der Waals surface area contributed by atoms with Crippen molar-refractivity contribution in [3.8, 4) is 0 Å². The van der Waals surface area contributed by atoms with E-state index in [4.69, 9.17) is 0 Å². The second kappa shape index (κ2) is 2.86. The highest BCUT2D eigenvalue weighted by molar-refractivity contribution is 5.85. The molecule has 2 rings (SSSR count). The number of nitrogens with zero attached hydrogens (tertiary/aromatic N) is 1. The van der Waals surface area contributed by atoms with Crippen molar-refractivity contribution in [2.24, 2.45) is 0 Å². The van der Waals surface area contributed by atoms with Gasteiger partial charge in [0.1, 0.15) is 0 Å². The predicted molar refractivity (Wildman–Crippen MR) is 40.1 cm³/mol. The Balaban J connectivity index is 0.000000405. The molecule has 1 N–H and O–H groups in total. The molecule has 3 heteroatoms. The molecule has 0 aliphatic carbocycles. The van der Waals surface area contributed by atoms with Gasteiger partial charge in [-0.3, -0.25) is 0 Å².